The average Bonchev–Trinajstić information content (AvgIpc) is 2.93. The van der Waals surface area contributed by atoms with E-state index < -0.39 is 0 Å². The number of anilines is 1. The Morgan fingerprint density at radius 2 is 2.00 bits per heavy atom. The molecule has 0 bridgehead atoms. The van der Waals surface area contributed by atoms with Gasteiger partial charge in [0.15, 0.2) is 0 Å². The number of halogens is 1. The molecule has 1 N–H and O–H groups in total. The molecule has 98 valence electrons. The second-order valence-corrected chi connectivity index (χ2v) is 5.61. The molecule has 2 aromatic rings. The van der Waals surface area contributed by atoms with E-state index in [0.29, 0.717) is 6.61 Å². The second kappa shape index (κ2) is 5.31. The minimum Gasteiger partial charge on any atom is -0.368 e. The number of rotatable bonds is 2. The van der Waals surface area contributed by atoms with Crippen LogP contribution >= 0.6 is 15.9 Å². The number of benzene rings is 2. The number of hydrogen-bond donors (Lipinski definition) is 1. The van der Waals surface area contributed by atoms with Gasteiger partial charge in [0.25, 0.3) is 5.91 Å². The smallest absolute Gasteiger partial charge is 0.253 e. The van der Waals surface area contributed by atoms with Crippen LogP contribution in [0.25, 0.3) is 10.8 Å². The van der Waals surface area contributed by atoms with Gasteiger partial charge in [0.2, 0.25) is 0 Å². The molecule has 0 spiro atoms. The Kier molecular flexibility index (Phi) is 3.53. The highest BCUT2D eigenvalue weighted by Gasteiger charge is 2.23. The van der Waals surface area contributed by atoms with Crippen molar-refractivity contribution in [2.24, 2.45) is 0 Å². The first-order chi connectivity index (χ1) is 9.22. The lowest BCUT2D eigenvalue weighted by Crippen LogP contribution is -2.26. The Hall–Kier alpha value is -1.39. The van der Waals surface area contributed by atoms with Gasteiger partial charge in [-0.15, -0.1) is 0 Å². The lowest BCUT2D eigenvalue weighted by molar-refractivity contribution is -0.124. The summed E-state index contributed by atoms with van der Waals surface area (Å²) in [6.45, 7) is 0.684. The zero-order chi connectivity index (χ0) is 13.2. The predicted molar refractivity (Wildman–Crippen MR) is 79.3 cm³/mol. The third-order valence-corrected chi connectivity index (χ3v) is 3.79. The number of hydrogen-bond acceptors (Lipinski definition) is 2. The summed E-state index contributed by atoms with van der Waals surface area (Å²) in [5.74, 6) is -0.0473. The zero-order valence-electron chi connectivity index (χ0n) is 10.4. The van der Waals surface area contributed by atoms with Crippen LogP contribution < -0.4 is 5.32 Å². The molecule has 0 aromatic heterocycles. The first kappa shape index (κ1) is 12.6. The minimum absolute atomic E-state index is 0.0473. The van der Waals surface area contributed by atoms with Crippen molar-refractivity contribution in [2.45, 2.75) is 18.9 Å². The molecule has 4 heteroatoms. The van der Waals surface area contributed by atoms with E-state index in [1.165, 1.54) is 0 Å². The van der Waals surface area contributed by atoms with Crippen LogP contribution in [0.3, 0.4) is 0 Å². The average molecular weight is 320 g/mol. The molecule has 3 rings (SSSR count). The van der Waals surface area contributed by atoms with Crippen molar-refractivity contribution < 1.29 is 9.53 Å². The van der Waals surface area contributed by atoms with E-state index in [2.05, 4.69) is 27.3 Å². The summed E-state index contributed by atoms with van der Waals surface area (Å²) < 4.78 is 6.42. The molecule has 1 aliphatic rings. The fourth-order valence-corrected chi connectivity index (χ4v) is 2.68. The van der Waals surface area contributed by atoms with Crippen LogP contribution in [0.5, 0.6) is 0 Å². The van der Waals surface area contributed by atoms with Crippen molar-refractivity contribution in [3.05, 3.63) is 40.9 Å². The third kappa shape index (κ3) is 2.80. The van der Waals surface area contributed by atoms with E-state index in [1.54, 1.807) is 0 Å². The van der Waals surface area contributed by atoms with Gasteiger partial charge in [-0.25, -0.2) is 0 Å². The van der Waals surface area contributed by atoms with Gasteiger partial charge in [-0.05, 0) is 47.9 Å². The molecule has 3 nitrogen and oxygen atoms in total. The Morgan fingerprint density at radius 1 is 1.21 bits per heavy atom. The standard InChI is InChI=1S/C15H14BrNO2/c16-12-5-3-11-9-13(6-4-10(11)8-12)17-15(18)14-2-1-7-19-14/h3-6,8-9,14H,1-2,7H2,(H,17,18)/t14-/m1/s1. The molecule has 1 amide bonds. The Labute approximate surface area is 120 Å². The first-order valence-electron chi connectivity index (χ1n) is 6.34. The van der Waals surface area contributed by atoms with Crippen LogP contribution in [-0.2, 0) is 9.53 Å². The maximum Gasteiger partial charge on any atom is 0.253 e. The highest BCUT2D eigenvalue weighted by atomic mass is 79.9. The summed E-state index contributed by atoms with van der Waals surface area (Å²) in [5, 5.41) is 5.16. The second-order valence-electron chi connectivity index (χ2n) is 4.70. The molecule has 1 atom stereocenters. The molecule has 1 heterocycles. The lowest BCUT2D eigenvalue weighted by Gasteiger charge is -2.11. The van der Waals surface area contributed by atoms with Gasteiger partial charge in [-0.2, -0.15) is 0 Å². The summed E-state index contributed by atoms with van der Waals surface area (Å²) in [6.07, 6.45) is 1.48. The van der Waals surface area contributed by atoms with Crippen LogP contribution in [-0.4, -0.2) is 18.6 Å². The van der Waals surface area contributed by atoms with Crippen LogP contribution in [0, 0.1) is 0 Å². The number of nitrogens with one attached hydrogen (secondary N) is 1. The monoisotopic (exact) mass is 319 g/mol. The van der Waals surface area contributed by atoms with Gasteiger partial charge >= 0.3 is 0 Å². The van der Waals surface area contributed by atoms with E-state index in [9.17, 15) is 4.79 Å². The molecule has 0 saturated carbocycles. The van der Waals surface area contributed by atoms with Gasteiger partial charge in [-0.1, -0.05) is 28.1 Å². The van der Waals surface area contributed by atoms with Crippen molar-refractivity contribution in [1.29, 1.82) is 0 Å². The zero-order valence-corrected chi connectivity index (χ0v) is 11.9. The molecule has 0 unspecified atom stereocenters. The molecule has 2 aromatic carbocycles. The summed E-state index contributed by atoms with van der Waals surface area (Å²) in [4.78, 5) is 12.0. The predicted octanol–water partition coefficient (Wildman–Crippen LogP) is 3.72. The quantitative estimate of drug-likeness (QED) is 0.916. The number of fused-ring (bicyclic) bond motifs is 1. The van der Waals surface area contributed by atoms with E-state index in [1.807, 2.05) is 30.3 Å². The SMILES string of the molecule is O=C(Nc1ccc2cc(Br)ccc2c1)[C@H]1CCCO1. The number of ether oxygens (including phenoxy) is 1. The molecular formula is C15H14BrNO2. The summed E-state index contributed by atoms with van der Waals surface area (Å²) in [5.41, 5.74) is 0.815. The van der Waals surface area contributed by atoms with Crippen LogP contribution in [0.1, 0.15) is 12.8 Å². The topological polar surface area (TPSA) is 38.3 Å². The number of carbonyl (C=O) groups is 1. The highest BCUT2D eigenvalue weighted by molar-refractivity contribution is 9.10. The molecule has 0 aliphatic carbocycles. The van der Waals surface area contributed by atoms with Crippen molar-refractivity contribution in [3.63, 3.8) is 0 Å². The van der Waals surface area contributed by atoms with Crippen LogP contribution in [0.2, 0.25) is 0 Å². The van der Waals surface area contributed by atoms with Crippen molar-refractivity contribution in [1.82, 2.24) is 0 Å². The Balaban J connectivity index is 1.81. The van der Waals surface area contributed by atoms with Crippen LogP contribution in [0.4, 0.5) is 5.69 Å². The number of amides is 1. The van der Waals surface area contributed by atoms with E-state index in [0.717, 1.165) is 33.8 Å². The largest absolute Gasteiger partial charge is 0.368 e. The minimum atomic E-state index is -0.291. The third-order valence-electron chi connectivity index (χ3n) is 3.29. The van der Waals surface area contributed by atoms with Gasteiger partial charge in [0, 0.05) is 16.8 Å². The van der Waals surface area contributed by atoms with E-state index in [-0.39, 0.29) is 12.0 Å². The first-order valence-corrected chi connectivity index (χ1v) is 7.13. The van der Waals surface area contributed by atoms with Gasteiger partial charge in [-0.3, -0.25) is 4.79 Å². The summed E-state index contributed by atoms with van der Waals surface area (Å²) in [6, 6.07) is 12.0. The summed E-state index contributed by atoms with van der Waals surface area (Å²) >= 11 is 3.45. The van der Waals surface area contributed by atoms with Crippen molar-refractivity contribution in [2.75, 3.05) is 11.9 Å². The van der Waals surface area contributed by atoms with Crippen molar-refractivity contribution in [3.8, 4) is 0 Å². The molecule has 19 heavy (non-hydrogen) atoms. The summed E-state index contributed by atoms with van der Waals surface area (Å²) in [7, 11) is 0. The Morgan fingerprint density at radius 3 is 2.79 bits per heavy atom. The maximum absolute atomic E-state index is 12.0. The van der Waals surface area contributed by atoms with Gasteiger partial charge < -0.3 is 10.1 Å². The van der Waals surface area contributed by atoms with E-state index in [4.69, 9.17) is 4.74 Å². The molecule has 0 radical (unpaired) electrons. The molecular weight excluding hydrogens is 306 g/mol. The van der Waals surface area contributed by atoms with Gasteiger partial charge in [0.1, 0.15) is 6.10 Å². The van der Waals surface area contributed by atoms with Crippen molar-refractivity contribution >= 4 is 38.3 Å². The maximum atomic E-state index is 12.0. The molecule has 1 aliphatic heterocycles. The van der Waals surface area contributed by atoms with Gasteiger partial charge in [0.05, 0.1) is 0 Å². The fraction of sp³-hybridized carbons (Fsp3) is 0.267. The lowest BCUT2D eigenvalue weighted by atomic mass is 10.1. The highest BCUT2D eigenvalue weighted by Crippen LogP contribution is 2.23. The normalized spacial score (nSPS) is 18.7. The number of carbonyl (C=O) groups excluding carboxylic acids is 1. The molecule has 1 fully saturated rings. The fourth-order valence-electron chi connectivity index (χ4n) is 2.30. The van der Waals surface area contributed by atoms with E-state index >= 15 is 0 Å². The Bertz CT molecular complexity index is 621. The molecule has 1 saturated heterocycles. The van der Waals surface area contributed by atoms with Crippen LogP contribution in [0.15, 0.2) is 40.9 Å².